The molecule has 2 nitrogen and oxygen atoms in total. The Labute approximate surface area is 116 Å². The summed E-state index contributed by atoms with van der Waals surface area (Å²) < 4.78 is 5.97. The normalized spacial score (nSPS) is 12.4. The molecular formula is C15H24ClNO. The van der Waals surface area contributed by atoms with E-state index in [4.69, 9.17) is 16.3 Å². The van der Waals surface area contributed by atoms with Crippen molar-refractivity contribution in [2.45, 2.75) is 52.7 Å². The molecule has 1 N–H and O–H groups in total. The molecule has 102 valence electrons. The number of halogens is 1. The van der Waals surface area contributed by atoms with Crippen LogP contribution in [-0.2, 0) is 6.54 Å². The minimum absolute atomic E-state index is 0.235. The minimum Gasteiger partial charge on any atom is -0.490 e. The average molecular weight is 270 g/mol. The van der Waals surface area contributed by atoms with Gasteiger partial charge >= 0.3 is 0 Å². The number of hydrogen-bond donors (Lipinski definition) is 1. The maximum absolute atomic E-state index is 6.25. The molecule has 3 heteroatoms. The lowest BCUT2D eigenvalue weighted by molar-refractivity contribution is 0.207. The Bertz CT molecular complexity index is 354. The Balaban J connectivity index is 2.73. The minimum atomic E-state index is 0.235. The van der Waals surface area contributed by atoms with Crippen molar-refractivity contribution in [3.05, 3.63) is 28.8 Å². The van der Waals surface area contributed by atoms with Crippen LogP contribution >= 0.6 is 11.6 Å². The first-order valence-electron chi connectivity index (χ1n) is 6.83. The highest BCUT2D eigenvalue weighted by atomic mass is 35.5. The third-order valence-electron chi connectivity index (χ3n) is 2.83. The molecule has 1 atom stereocenters. The van der Waals surface area contributed by atoms with E-state index < -0.39 is 0 Å². The molecule has 1 rings (SSSR count). The molecule has 0 heterocycles. The Hall–Kier alpha value is -0.730. The Morgan fingerprint density at radius 2 is 2.06 bits per heavy atom. The third kappa shape index (κ3) is 4.87. The first-order chi connectivity index (χ1) is 8.69. The quantitative estimate of drug-likeness (QED) is 0.706. The zero-order valence-corrected chi connectivity index (χ0v) is 12.4. The van der Waals surface area contributed by atoms with Crippen LogP contribution in [0.4, 0.5) is 0 Å². The van der Waals surface area contributed by atoms with Crippen LogP contribution in [0.25, 0.3) is 0 Å². The van der Waals surface area contributed by atoms with Crippen molar-refractivity contribution in [2.75, 3.05) is 6.54 Å². The molecule has 1 aromatic rings. The van der Waals surface area contributed by atoms with Crippen LogP contribution in [0.5, 0.6) is 5.75 Å². The summed E-state index contributed by atoms with van der Waals surface area (Å²) in [4.78, 5) is 0. The average Bonchev–Trinajstić information content (AvgIpc) is 2.33. The Morgan fingerprint density at radius 3 is 2.72 bits per heavy atom. The van der Waals surface area contributed by atoms with Crippen LogP contribution in [0, 0.1) is 0 Å². The molecule has 0 saturated heterocycles. The molecule has 0 bridgehead atoms. The molecule has 18 heavy (non-hydrogen) atoms. The van der Waals surface area contributed by atoms with Gasteiger partial charge < -0.3 is 10.1 Å². The third-order valence-corrected chi connectivity index (χ3v) is 3.18. The second-order valence-corrected chi connectivity index (χ2v) is 5.02. The highest BCUT2D eigenvalue weighted by Crippen LogP contribution is 2.27. The van der Waals surface area contributed by atoms with Crippen molar-refractivity contribution in [3.63, 3.8) is 0 Å². The van der Waals surface area contributed by atoms with Gasteiger partial charge in [0, 0.05) is 17.1 Å². The molecule has 0 saturated carbocycles. The van der Waals surface area contributed by atoms with Crippen LogP contribution in [0.3, 0.4) is 0 Å². The van der Waals surface area contributed by atoms with E-state index in [1.54, 1.807) is 0 Å². The van der Waals surface area contributed by atoms with Gasteiger partial charge in [-0.15, -0.1) is 0 Å². The fraction of sp³-hybridized carbons (Fsp3) is 0.600. The van der Waals surface area contributed by atoms with Crippen LogP contribution in [0.2, 0.25) is 5.02 Å². The monoisotopic (exact) mass is 269 g/mol. The van der Waals surface area contributed by atoms with Crippen molar-refractivity contribution in [2.24, 2.45) is 0 Å². The van der Waals surface area contributed by atoms with Gasteiger partial charge in [0.25, 0.3) is 0 Å². The van der Waals surface area contributed by atoms with E-state index in [1.807, 2.05) is 18.2 Å². The van der Waals surface area contributed by atoms with E-state index in [2.05, 4.69) is 26.1 Å². The predicted octanol–water partition coefficient (Wildman–Crippen LogP) is 4.41. The van der Waals surface area contributed by atoms with E-state index in [0.29, 0.717) is 0 Å². The lowest BCUT2D eigenvalue weighted by Crippen LogP contribution is -2.17. The summed E-state index contributed by atoms with van der Waals surface area (Å²) in [5, 5.41) is 4.15. The predicted molar refractivity (Wildman–Crippen MR) is 78.4 cm³/mol. The first kappa shape index (κ1) is 15.3. The van der Waals surface area contributed by atoms with E-state index in [9.17, 15) is 0 Å². The van der Waals surface area contributed by atoms with Gasteiger partial charge in [0.1, 0.15) is 5.75 Å². The highest BCUT2D eigenvalue weighted by Gasteiger charge is 2.10. The van der Waals surface area contributed by atoms with Crippen LogP contribution in [0.1, 0.15) is 45.6 Å². The van der Waals surface area contributed by atoms with Gasteiger partial charge in [0.2, 0.25) is 0 Å². The largest absolute Gasteiger partial charge is 0.490 e. The lowest BCUT2D eigenvalue weighted by Gasteiger charge is -2.18. The summed E-state index contributed by atoms with van der Waals surface area (Å²) in [7, 11) is 0. The highest BCUT2D eigenvalue weighted by molar-refractivity contribution is 6.31. The van der Waals surface area contributed by atoms with Crippen molar-refractivity contribution < 1.29 is 4.74 Å². The summed E-state index contributed by atoms with van der Waals surface area (Å²) in [6.45, 7) is 8.19. The zero-order chi connectivity index (χ0) is 13.4. The van der Waals surface area contributed by atoms with Gasteiger partial charge in [-0.05, 0) is 38.4 Å². The molecule has 0 radical (unpaired) electrons. The molecule has 1 unspecified atom stereocenters. The topological polar surface area (TPSA) is 21.3 Å². The molecule has 0 fully saturated rings. The Morgan fingerprint density at radius 1 is 1.28 bits per heavy atom. The summed E-state index contributed by atoms with van der Waals surface area (Å²) in [6.07, 6.45) is 3.55. The standard InChI is InChI=1S/C15H24ClNO/c1-4-7-12(3)18-15-9-6-8-14(16)13(15)11-17-10-5-2/h6,8-9,12,17H,4-5,7,10-11H2,1-3H3. The van der Waals surface area contributed by atoms with Crippen LogP contribution in [-0.4, -0.2) is 12.6 Å². The molecule has 0 spiro atoms. The summed E-state index contributed by atoms with van der Waals surface area (Å²) in [5.41, 5.74) is 1.07. The lowest BCUT2D eigenvalue weighted by atomic mass is 10.2. The van der Waals surface area contributed by atoms with Crippen LogP contribution < -0.4 is 10.1 Å². The number of ether oxygens (including phenoxy) is 1. The number of hydrogen-bond acceptors (Lipinski definition) is 2. The van der Waals surface area contributed by atoms with Gasteiger partial charge in [-0.25, -0.2) is 0 Å². The molecule has 0 amide bonds. The van der Waals surface area contributed by atoms with E-state index in [0.717, 1.165) is 48.7 Å². The fourth-order valence-electron chi connectivity index (χ4n) is 1.89. The van der Waals surface area contributed by atoms with Gasteiger partial charge in [-0.1, -0.05) is 37.9 Å². The number of rotatable bonds is 8. The van der Waals surface area contributed by atoms with Crippen molar-refractivity contribution in [1.82, 2.24) is 5.32 Å². The SMILES string of the molecule is CCCNCc1c(Cl)cccc1OC(C)CCC. The van der Waals surface area contributed by atoms with E-state index in [1.165, 1.54) is 0 Å². The summed E-state index contributed by atoms with van der Waals surface area (Å²) in [5.74, 6) is 0.909. The first-order valence-corrected chi connectivity index (χ1v) is 7.21. The molecule has 0 aliphatic rings. The van der Waals surface area contributed by atoms with Crippen molar-refractivity contribution in [1.29, 1.82) is 0 Å². The van der Waals surface area contributed by atoms with E-state index >= 15 is 0 Å². The molecule has 1 aromatic carbocycles. The summed E-state index contributed by atoms with van der Waals surface area (Å²) >= 11 is 6.25. The number of benzene rings is 1. The second-order valence-electron chi connectivity index (χ2n) is 4.61. The summed E-state index contributed by atoms with van der Waals surface area (Å²) in [6, 6.07) is 5.86. The molecular weight excluding hydrogens is 246 g/mol. The van der Waals surface area contributed by atoms with Gasteiger partial charge in [-0.2, -0.15) is 0 Å². The Kier molecular flexibility index (Phi) is 7.14. The molecule has 0 aromatic heterocycles. The maximum atomic E-state index is 6.25. The maximum Gasteiger partial charge on any atom is 0.125 e. The van der Waals surface area contributed by atoms with Gasteiger partial charge in [-0.3, -0.25) is 0 Å². The fourth-order valence-corrected chi connectivity index (χ4v) is 2.13. The zero-order valence-electron chi connectivity index (χ0n) is 11.6. The van der Waals surface area contributed by atoms with E-state index in [-0.39, 0.29) is 6.10 Å². The van der Waals surface area contributed by atoms with Gasteiger partial charge in [0.05, 0.1) is 6.10 Å². The molecule has 0 aliphatic heterocycles. The smallest absolute Gasteiger partial charge is 0.125 e. The van der Waals surface area contributed by atoms with Crippen LogP contribution in [0.15, 0.2) is 18.2 Å². The van der Waals surface area contributed by atoms with Crippen molar-refractivity contribution >= 4 is 11.6 Å². The molecule has 0 aliphatic carbocycles. The second kappa shape index (κ2) is 8.39. The van der Waals surface area contributed by atoms with Crippen molar-refractivity contribution in [3.8, 4) is 5.75 Å². The van der Waals surface area contributed by atoms with Gasteiger partial charge in [0.15, 0.2) is 0 Å². The number of nitrogens with one attached hydrogen (secondary N) is 1.